The van der Waals surface area contributed by atoms with E-state index >= 15 is 0 Å². The molecule has 1 aromatic carbocycles. The quantitative estimate of drug-likeness (QED) is 0.662. The summed E-state index contributed by atoms with van der Waals surface area (Å²) < 4.78 is 0. The molecule has 17 heavy (non-hydrogen) atoms. The smallest absolute Gasteiger partial charge is 0.0159 e. The first-order valence-corrected chi connectivity index (χ1v) is 7.46. The number of rotatable bonds is 4. The highest BCUT2D eigenvalue weighted by Crippen LogP contribution is 2.35. The average Bonchev–Trinajstić information content (AvgIpc) is 2.40. The Hall–Kier alpha value is -0.780. The molecule has 0 unspecified atom stereocenters. The molecule has 0 aromatic heterocycles. The topological polar surface area (TPSA) is 0 Å². The SMILES string of the molecule is CCCc1ccc(CC)c(C2CCCCC2)c1. The van der Waals surface area contributed by atoms with Crippen LogP contribution in [-0.2, 0) is 12.8 Å². The van der Waals surface area contributed by atoms with Gasteiger partial charge in [0.2, 0.25) is 0 Å². The highest BCUT2D eigenvalue weighted by Gasteiger charge is 2.18. The summed E-state index contributed by atoms with van der Waals surface area (Å²) in [5.74, 6) is 0.857. The second-order valence-electron chi connectivity index (χ2n) is 5.47. The van der Waals surface area contributed by atoms with E-state index in [1.54, 1.807) is 16.7 Å². The van der Waals surface area contributed by atoms with Crippen molar-refractivity contribution in [2.75, 3.05) is 0 Å². The Labute approximate surface area is 106 Å². The van der Waals surface area contributed by atoms with Crippen LogP contribution in [0, 0.1) is 0 Å². The summed E-state index contributed by atoms with van der Waals surface area (Å²) in [6.45, 7) is 4.56. The minimum absolute atomic E-state index is 0.857. The molecule has 0 radical (unpaired) electrons. The van der Waals surface area contributed by atoms with Crippen LogP contribution in [0.1, 0.15) is 75.0 Å². The molecule has 0 nitrogen and oxygen atoms in total. The zero-order chi connectivity index (χ0) is 12.1. The van der Waals surface area contributed by atoms with E-state index in [1.807, 2.05) is 0 Å². The van der Waals surface area contributed by atoms with Crippen LogP contribution in [0.3, 0.4) is 0 Å². The van der Waals surface area contributed by atoms with E-state index in [0.29, 0.717) is 0 Å². The Balaban J connectivity index is 2.24. The van der Waals surface area contributed by atoms with Gasteiger partial charge in [-0.15, -0.1) is 0 Å². The molecule has 0 aliphatic heterocycles. The van der Waals surface area contributed by atoms with Gasteiger partial charge in [-0.25, -0.2) is 0 Å². The minimum atomic E-state index is 0.857. The van der Waals surface area contributed by atoms with Gasteiger partial charge in [-0.3, -0.25) is 0 Å². The molecule has 0 saturated heterocycles. The number of hydrogen-bond acceptors (Lipinski definition) is 0. The zero-order valence-corrected chi connectivity index (χ0v) is 11.5. The lowest BCUT2D eigenvalue weighted by atomic mass is 9.81. The molecule has 94 valence electrons. The monoisotopic (exact) mass is 230 g/mol. The lowest BCUT2D eigenvalue weighted by Crippen LogP contribution is -2.08. The first-order chi connectivity index (χ1) is 8.35. The van der Waals surface area contributed by atoms with Crippen LogP contribution in [0.4, 0.5) is 0 Å². The molecule has 1 saturated carbocycles. The van der Waals surface area contributed by atoms with Crippen LogP contribution in [0.25, 0.3) is 0 Å². The summed E-state index contributed by atoms with van der Waals surface area (Å²) in [6.07, 6.45) is 10.9. The first-order valence-electron chi connectivity index (χ1n) is 7.46. The Morgan fingerprint density at radius 2 is 1.82 bits per heavy atom. The first kappa shape index (κ1) is 12.7. The molecule has 1 fully saturated rings. The van der Waals surface area contributed by atoms with E-state index < -0.39 is 0 Å². The normalized spacial score (nSPS) is 17.3. The molecular weight excluding hydrogens is 204 g/mol. The Morgan fingerprint density at radius 3 is 2.47 bits per heavy atom. The van der Waals surface area contributed by atoms with Gasteiger partial charge in [0.15, 0.2) is 0 Å². The van der Waals surface area contributed by atoms with E-state index in [9.17, 15) is 0 Å². The van der Waals surface area contributed by atoms with Crippen molar-refractivity contribution in [2.24, 2.45) is 0 Å². The fourth-order valence-corrected chi connectivity index (χ4v) is 3.20. The van der Waals surface area contributed by atoms with Gasteiger partial charge >= 0.3 is 0 Å². The van der Waals surface area contributed by atoms with Crippen molar-refractivity contribution < 1.29 is 0 Å². The Kier molecular flexibility index (Phi) is 4.65. The summed E-state index contributed by atoms with van der Waals surface area (Å²) in [4.78, 5) is 0. The van der Waals surface area contributed by atoms with Crippen LogP contribution < -0.4 is 0 Å². The highest BCUT2D eigenvalue weighted by atomic mass is 14.2. The van der Waals surface area contributed by atoms with Crippen molar-refractivity contribution in [3.63, 3.8) is 0 Å². The molecule has 0 heterocycles. The number of aryl methyl sites for hydroxylation is 2. The van der Waals surface area contributed by atoms with Crippen molar-refractivity contribution in [3.8, 4) is 0 Å². The van der Waals surface area contributed by atoms with Crippen molar-refractivity contribution >= 4 is 0 Å². The van der Waals surface area contributed by atoms with E-state index in [-0.39, 0.29) is 0 Å². The standard InChI is InChI=1S/C17H26/c1-3-8-14-11-12-15(4-2)17(13-14)16-9-6-5-7-10-16/h11-13,16H,3-10H2,1-2H3. The van der Waals surface area contributed by atoms with Crippen molar-refractivity contribution in [1.29, 1.82) is 0 Å². The molecule has 0 bridgehead atoms. The van der Waals surface area contributed by atoms with Crippen LogP contribution in [0.5, 0.6) is 0 Å². The van der Waals surface area contributed by atoms with E-state index in [2.05, 4.69) is 32.0 Å². The van der Waals surface area contributed by atoms with Gasteiger partial charge in [-0.2, -0.15) is 0 Å². The predicted octanol–water partition coefficient (Wildman–Crippen LogP) is 5.25. The van der Waals surface area contributed by atoms with Crippen LogP contribution >= 0.6 is 0 Å². The molecule has 1 aromatic rings. The van der Waals surface area contributed by atoms with Gasteiger partial charge in [0.1, 0.15) is 0 Å². The molecule has 1 aliphatic rings. The van der Waals surface area contributed by atoms with E-state index in [1.165, 1.54) is 51.4 Å². The molecule has 0 amide bonds. The van der Waals surface area contributed by atoms with Gasteiger partial charge in [-0.1, -0.05) is 57.7 Å². The Morgan fingerprint density at radius 1 is 1.06 bits per heavy atom. The largest absolute Gasteiger partial charge is 0.0651 e. The zero-order valence-electron chi connectivity index (χ0n) is 11.5. The van der Waals surface area contributed by atoms with Crippen molar-refractivity contribution in [1.82, 2.24) is 0 Å². The second-order valence-corrected chi connectivity index (χ2v) is 5.47. The van der Waals surface area contributed by atoms with Crippen molar-refractivity contribution in [2.45, 2.75) is 71.1 Å². The summed E-state index contributed by atoms with van der Waals surface area (Å²) in [5, 5.41) is 0. The summed E-state index contributed by atoms with van der Waals surface area (Å²) in [6, 6.07) is 7.24. The number of benzene rings is 1. The third-order valence-electron chi connectivity index (χ3n) is 4.17. The fraction of sp³-hybridized carbons (Fsp3) is 0.647. The van der Waals surface area contributed by atoms with Crippen LogP contribution in [-0.4, -0.2) is 0 Å². The van der Waals surface area contributed by atoms with Crippen LogP contribution in [0.15, 0.2) is 18.2 Å². The Bertz CT molecular complexity index is 345. The minimum Gasteiger partial charge on any atom is -0.0651 e. The summed E-state index contributed by atoms with van der Waals surface area (Å²) >= 11 is 0. The van der Waals surface area contributed by atoms with Crippen LogP contribution in [0.2, 0.25) is 0 Å². The molecule has 1 aliphatic carbocycles. The summed E-state index contributed by atoms with van der Waals surface area (Å²) in [5.41, 5.74) is 4.82. The molecule has 0 atom stereocenters. The molecular formula is C17H26. The van der Waals surface area contributed by atoms with Gasteiger partial charge < -0.3 is 0 Å². The van der Waals surface area contributed by atoms with Gasteiger partial charge in [-0.05, 0) is 48.3 Å². The van der Waals surface area contributed by atoms with Gasteiger partial charge in [0, 0.05) is 0 Å². The maximum Gasteiger partial charge on any atom is -0.0159 e. The molecule has 0 heteroatoms. The maximum atomic E-state index is 2.51. The van der Waals surface area contributed by atoms with Crippen molar-refractivity contribution in [3.05, 3.63) is 34.9 Å². The predicted molar refractivity (Wildman–Crippen MR) is 75.6 cm³/mol. The molecule has 0 N–H and O–H groups in total. The molecule has 0 spiro atoms. The highest BCUT2D eigenvalue weighted by molar-refractivity contribution is 5.35. The average molecular weight is 230 g/mol. The third kappa shape index (κ3) is 3.12. The molecule has 2 rings (SSSR count). The lowest BCUT2D eigenvalue weighted by Gasteiger charge is -2.25. The van der Waals surface area contributed by atoms with Gasteiger partial charge in [0.05, 0.1) is 0 Å². The second kappa shape index (κ2) is 6.23. The van der Waals surface area contributed by atoms with E-state index in [0.717, 1.165) is 5.92 Å². The third-order valence-corrected chi connectivity index (χ3v) is 4.17. The van der Waals surface area contributed by atoms with E-state index in [4.69, 9.17) is 0 Å². The maximum absolute atomic E-state index is 2.51. The van der Waals surface area contributed by atoms with Gasteiger partial charge in [0.25, 0.3) is 0 Å². The lowest BCUT2D eigenvalue weighted by molar-refractivity contribution is 0.441. The fourth-order valence-electron chi connectivity index (χ4n) is 3.20. The number of hydrogen-bond donors (Lipinski definition) is 0. The summed E-state index contributed by atoms with van der Waals surface area (Å²) in [7, 11) is 0.